The van der Waals surface area contributed by atoms with E-state index in [2.05, 4.69) is 10.5 Å². The van der Waals surface area contributed by atoms with E-state index in [0.717, 1.165) is 4.90 Å². The first-order chi connectivity index (χ1) is 11.1. The van der Waals surface area contributed by atoms with E-state index in [9.17, 15) is 9.90 Å². The Morgan fingerprint density at radius 2 is 2.04 bits per heavy atom. The SMILES string of the molecule is COc1cc(/C=N\NC(=O)[C@H](C)Sc2ccccc2)ccc1O. The fraction of sp³-hybridized carbons (Fsp3) is 0.176. The number of methoxy groups -OCH3 is 1. The maximum absolute atomic E-state index is 12.0. The van der Waals surface area contributed by atoms with Crippen molar-refractivity contribution in [3.05, 3.63) is 54.1 Å². The number of aromatic hydroxyl groups is 1. The second-order valence-electron chi connectivity index (χ2n) is 4.74. The third-order valence-corrected chi connectivity index (χ3v) is 4.13. The summed E-state index contributed by atoms with van der Waals surface area (Å²) in [7, 11) is 1.47. The summed E-state index contributed by atoms with van der Waals surface area (Å²) < 4.78 is 5.02. The second-order valence-corrected chi connectivity index (χ2v) is 6.15. The van der Waals surface area contributed by atoms with Gasteiger partial charge in [-0.05, 0) is 42.8 Å². The summed E-state index contributed by atoms with van der Waals surface area (Å²) in [5, 5.41) is 13.2. The summed E-state index contributed by atoms with van der Waals surface area (Å²) in [6, 6.07) is 14.5. The van der Waals surface area contributed by atoms with Crippen LogP contribution in [0.25, 0.3) is 0 Å². The molecule has 2 N–H and O–H groups in total. The highest BCUT2D eigenvalue weighted by molar-refractivity contribution is 8.00. The van der Waals surface area contributed by atoms with Gasteiger partial charge >= 0.3 is 0 Å². The Balaban J connectivity index is 1.90. The van der Waals surface area contributed by atoms with Gasteiger partial charge in [0.1, 0.15) is 0 Å². The van der Waals surface area contributed by atoms with Crippen LogP contribution in [0.1, 0.15) is 12.5 Å². The number of carbonyl (C=O) groups is 1. The maximum Gasteiger partial charge on any atom is 0.253 e. The van der Waals surface area contributed by atoms with Crippen LogP contribution in [-0.4, -0.2) is 29.6 Å². The average Bonchev–Trinajstić information content (AvgIpc) is 2.57. The van der Waals surface area contributed by atoms with Gasteiger partial charge in [-0.2, -0.15) is 5.10 Å². The standard InChI is InChI=1S/C17H18N2O3S/c1-12(23-14-6-4-3-5-7-14)17(21)19-18-11-13-8-9-15(20)16(10-13)22-2/h3-12,20H,1-2H3,(H,19,21)/b18-11-/t12-/m0/s1. The number of hydrazone groups is 1. The molecule has 0 bridgehead atoms. The van der Waals surface area contributed by atoms with Gasteiger partial charge in [-0.1, -0.05) is 18.2 Å². The molecule has 0 aromatic heterocycles. The zero-order valence-electron chi connectivity index (χ0n) is 12.9. The highest BCUT2D eigenvalue weighted by Gasteiger charge is 2.13. The normalized spacial score (nSPS) is 12.1. The fourth-order valence-electron chi connectivity index (χ4n) is 1.79. The first-order valence-corrected chi connectivity index (χ1v) is 7.89. The van der Waals surface area contributed by atoms with Gasteiger partial charge in [-0.15, -0.1) is 11.8 Å². The van der Waals surface area contributed by atoms with Crippen molar-refractivity contribution >= 4 is 23.9 Å². The lowest BCUT2D eigenvalue weighted by atomic mass is 10.2. The van der Waals surface area contributed by atoms with Gasteiger partial charge in [0.25, 0.3) is 5.91 Å². The lowest BCUT2D eigenvalue weighted by Crippen LogP contribution is -2.26. The third-order valence-electron chi connectivity index (χ3n) is 3.02. The Labute approximate surface area is 139 Å². The fourth-order valence-corrected chi connectivity index (χ4v) is 2.67. The minimum atomic E-state index is -0.260. The van der Waals surface area contributed by atoms with Gasteiger partial charge in [0.15, 0.2) is 11.5 Å². The average molecular weight is 330 g/mol. The number of ether oxygens (including phenoxy) is 1. The van der Waals surface area contributed by atoms with Crippen LogP contribution < -0.4 is 10.2 Å². The molecule has 1 atom stereocenters. The number of nitrogens with one attached hydrogen (secondary N) is 1. The van der Waals surface area contributed by atoms with E-state index < -0.39 is 0 Å². The molecule has 0 saturated heterocycles. The summed E-state index contributed by atoms with van der Waals surface area (Å²) in [6.07, 6.45) is 1.50. The van der Waals surface area contributed by atoms with Gasteiger partial charge in [-0.25, -0.2) is 5.43 Å². The molecule has 5 nitrogen and oxygen atoms in total. The molecule has 1 amide bonds. The molecular formula is C17H18N2O3S. The number of phenols is 1. The van der Waals surface area contributed by atoms with Gasteiger partial charge in [0.05, 0.1) is 18.6 Å². The van der Waals surface area contributed by atoms with Crippen molar-refractivity contribution in [2.75, 3.05) is 7.11 Å². The first kappa shape index (κ1) is 16.9. The summed E-state index contributed by atoms with van der Waals surface area (Å²) in [6.45, 7) is 1.83. The molecule has 0 saturated carbocycles. The monoisotopic (exact) mass is 330 g/mol. The Kier molecular flexibility index (Phi) is 6.05. The van der Waals surface area contributed by atoms with E-state index in [4.69, 9.17) is 4.74 Å². The molecule has 2 aromatic carbocycles. The molecule has 0 heterocycles. The Bertz CT molecular complexity index is 689. The van der Waals surface area contributed by atoms with Crippen molar-refractivity contribution in [3.8, 4) is 11.5 Å². The minimum Gasteiger partial charge on any atom is -0.504 e. The largest absolute Gasteiger partial charge is 0.504 e. The number of nitrogens with zero attached hydrogens (tertiary/aromatic N) is 1. The Hall–Kier alpha value is -2.47. The van der Waals surface area contributed by atoms with E-state index in [1.54, 1.807) is 12.1 Å². The number of hydrogen-bond acceptors (Lipinski definition) is 5. The van der Waals surface area contributed by atoms with Gasteiger partial charge < -0.3 is 9.84 Å². The molecule has 2 rings (SSSR count). The summed E-state index contributed by atoms with van der Waals surface area (Å²) in [4.78, 5) is 13.0. The molecule has 0 radical (unpaired) electrons. The second kappa shape index (κ2) is 8.24. The number of benzene rings is 2. The molecule has 2 aromatic rings. The van der Waals surface area contributed by atoms with E-state index in [1.807, 2.05) is 37.3 Å². The molecular weight excluding hydrogens is 312 g/mol. The van der Waals surface area contributed by atoms with Crippen LogP contribution in [0.3, 0.4) is 0 Å². The minimum absolute atomic E-state index is 0.0570. The molecule has 0 spiro atoms. The number of rotatable bonds is 6. The Morgan fingerprint density at radius 1 is 1.30 bits per heavy atom. The molecule has 120 valence electrons. The molecule has 0 fully saturated rings. The van der Waals surface area contributed by atoms with Crippen molar-refractivity contribution < 1.29 is 14.6 Å². The van der Waals surface area contributed by atoms with Crippen molar-refractivity contribution in [2.45, 2.75) is 17.1 Å². The van der Waals surface area contributed by atoms with Gasteiger partial charge in [-0.3, -0.25) is 4.79 Å². The van der Waals surface area contributed by atoms with Gasteiger partial charge in [0.2, 0.25) is 0 Å². The van der Waals surface area contributed by atoms with Crippen LogP contribution in [0.5, 0.6) is 11.5 Å². The molecule has 0 aliphatic heterocycles. The highest BCUT2D eigenvalue weighted by Crippen LogP contribution is 2.25. The van der Waals surface area contributed by atoms with Crippen molar-refractivity contribution in [1.82, 2.24) is 5.43 Å². The van der Waals surface area contributed by atoms with Crippen LogP contribution in [-0.2, 0) is 4.79 Å². The van der Waals surface area contributed by atoms with Crippen molar-refractivity contribution in [2.24, 2.45) is 5.10 Å². The zero-order valence-corrected chi connectivity index (χ0v) is 13.7. The summed E-state index contributed by atoms with van der Waals surface area (Å²) >= 11 is 1.47. The predicted molar refractivity (Wildman–Crippen MR) is 92.2 cm³/mol. The smallest absolute Gasteiger partial charge is 0.253 e. The molecule has 0 unspecified atom stereocenters. The highest BCUT2D eigenvalue weighted by atomic mass is 32.2. The van der Waals surface area contributed by atoms with Crippen molar-refractivity contribution in [1.29, 1.82) is 0 Å². The van der Waals surface area contributed by atoms with Crippen LogP contribution >= 0.6 is 11.8 Å². The predicted octanol–water partition coefficient (Wildman–Crippen LogP) is 3.03. The first-order valence-electron chi connectivity index (χ1n) is 7.02. The van der Waals surface area contributed by atoms with Crippen LogP contribution in [0.15, 0.2) is 58.5 Å². The lowest BCUT2D eigenvalue weighted by molar-refractivity contribution is -0.120. The number of carbonyl (C=O) groups excluding carboxylic acids is 1. The number of hydrogen-bond donors (Lipinski definition) is 2. The lowest BCUT2D eigenvalue weighted by Gasteiger charge is -2.09. The van der Waals surface area contributed by atoms with E-state index in [0.29, 0.717) is 11.3 Å². The topological polar surface area (TPSA) is 70.9 Å². The Morgan fingerprint density at radius 3 is 2.74 bits per heavy atom. The van der Waals surface area contributed by atoms with E-state index in [-0.39, 0.29) is 16.9 Å². The number of amides is 1. The van der Waals surface area contributed by atoms with Crippen LogP contribution in [0, 0.1) is 0 Å². The molecule has 23 heavy (non-hydrogen) atoms. The quantitative estimate of drug-likeness (QED) is 0.485. The van der Waals surface area contributed by atoms with Crippen molar-refractivity contribution in [3.63, 3.8) is 0 Å². The van der Waals surface area contributed by atoms with Crippen LogP contribution in [0.2, 0.25) is 0 Å². The van der Waals surface area contributed by atoms with E-state index in [1.165, 1.54) is 31.2 Å². The third kappa shape index (κ3) is 5.03. The summed E-state index contributed by atoms with van der Waals surface area (Å²) in [5.74, 6) is 0.232. The summed E-state index contributed by atoms with van der Waals surface area (Å²) in [5.41, 5.74) is 3.22. The van der Waals surface area contributed by atoms with Crippen LogP contribution in [0.4, 0.5) is 0 Å². The maximum atomic E-state index is 12.0. The molecule has 0 aliphatic rings. The zero-order chi connectivity index (χ0) is 16.7. The van der Waals surface area contributed by atoms with E-state index >= 15 is 0 Å². The number of phenolic OH excluding ortho intramolecular Hbond substituents is 1. The van der Waals surface area contributed by atoms with Gasteiger partial charge in [0, 0.05) is 4.90 Å². The number of thioether (sulfide) groups is 1. The molecule has 6 heteroatoms. The molecule has 0 aliphatic carbocycles.